The summed E-state index contributed by atoms with van der Waals surface area (Å²) in [5, 5.41) is 4.94. The van der Waals surface area contributed by atoms with Gasteiger partial charge in [0, 0.05) is 37.3 Å². The van der Waals surface area contributed by atoms with Gasteiger partial charge in [-0.3, -0.25) is 4.79 Å². The van der Waals surface area contributed by atoms with Gasteiger partial charge in [0.1, 0.15) is 5.82 Å². The van der Waals surface area contributed by atoms with Crippen molar-refractivity contribution in [2.45, 2.75) is 0 Å². The molecule has 1 aromatic carbocycles. The fourth-order valence-electron chi connectivity index (χ4n) is 3.20. The van der Waals surface area contributed by atoms with E-state index in [1.54, 1.807) is 17.5 Å². The first-order valence-electron chi connectivity index (χ1n) is 9.24. The fraction of sp³-hybridized carbons (Fsp3) is 0.238. The van der Waals surface area contributed by atoms with Gasteiger partial charge in [0.25, 0.3) is 5.91 Å². The van der Waals surface area contributed by atoms with Gasteiger partial charge in [-0.1, -0.05) is 12.1 Å². The van der Waals surface area contributed by atoms with E-state index < -0.39 is 0 Å². The average molecular weight is 394 g/mol. The highest BCUT2D eigenvalue weighted by atomic mass is 32.1. The third-order valence-electron chi connectivity index (χ3n) is 4.94. The van der Waals surface area contributed by atoms with Crippen LogP contribution in [0.1, 0.15) is 10.4 Å². The van der Waals surface area contributed by atoms with E-state index in [1.165, 1.54) is 0 Å². The summed E-state index contributed by atoms with van der Waals surface area (Å²) in [6.07, 6.45) is 1.63. The van der Waals surface area contributed by atoms with Crippen LogP contribution in [0.3, 0.4) is 0 Å². The minimum absolute atomic E-state index is 0.215. The zero-order valence-electron chi connectivity index (χ0n) is 15.8. The van der Waals surface area contributed by atoms with E-state index in [1.807, 2.05) is 47.8 Å². The second kappa shape index (κ2) is 8.00. The Morgan fingerprint density at radius 3 is 2.64 bits per heavy atom. The lowest BCUT2D eigenvalue weighted by atomic mass is 10.1. The number of anilines is 3. The van der Waals surface area contributed by atoms with Crippen LogP contribution in [0.15, 0.2) is 54.0 Å². The smallest absolute Gasteiger partial charge is 0.257 e. The topological polar surface area (TPSA) is 74.5 Å². The minimum Gasteiger partial charge on any atom is -0.397 e. The number of amides is 1. The molecule has 0 saturated carbocycles. The van der Waals surface area contributed by atoms with E-state index in [9.17, 15) is 4.79 Å². The molecule has 1 aliphatic heterocycles. The Hall–Kier alpha value is -2.90. The van der Waals surface area contributed by atoms with Crippen LogP contribution in [0.5, 0.6) is 0 Å². The van der Waals surface area contributed by atoms with Crippen LogP contribution in [0.2, 0.25) is 0 Å². The van der Waals surface area contributed by atoms with Crippen molar-refractivity contribution in [1.82, 2.24) is 9.88 Å². The highest BCUT2D eigenvalue weighted by molar-refractivity contribution is 7.13. The second-order valence-electron chi connectivity index (χ2n) is 6.93. The van der Waals surface area contributed by atoms with E-state index in [4.69, 9.17) is 5.73 Å². The number of nitrogens with one attached hydrogen (secondary N) is 1. The number of nitrogens with two attached hydrogens (primary N) is 1. The molecule has 1 fully saturated rings. The highest BCUT2D eigenvalue weighted by Gasteiger charge is 2.16. The molecule has 0 aliphatic carbocycles. The number of hydrogen-bond donors (Lipinski definition) is 2. The Morgan fingerprint density at radius 1 is 1.14 bits per heavy atom. The first kappa shape index (κ1) is 18.5. The van der Waals surface area contributed by atoms with Gasteiger partial charge in [0.05, 0.1) is 16.9 Å². The Balaban J connectivity index is 1.47. The van der Waals surface area contributed by atoms with Crippen molar-refractivity contribution >= 4 is 34.4 Å². The van der Waals surface area contributed by atoms with Gasteiger partial charge < -0.3 is 20.9 Å². The van der Waals surface area contributed by atoms with Crippen molar-refractivity contribution in [3.63, 3.8) is 0 Å². The number of likely N-dealkylation sites (N-methyl/N-ethyl adjacent to an activating group) is 1. The predicted molar refractivity (Wildman–Crippen MR) is 116 cm³/mol. The number of thiophene rings is 1. The van der Waals surface area contributed by atoms with E-state index in [-0.39, 0.29) is 5.91 Å². The van der Waals surface area contributed by atoms with Gasteiger partial charge in [-0.25, -0.2) is 4.98 Å². The quantitative estimate of drug-likeness (QED) is 0.665. The Morgan fingerprint density at radius 2 is 1.96 bits per heavy atom. The lowest BCUT2D eigenvalue weighted by molar-refractivity contribution is 0.102. The number of benzene rings is 1. The number of nitrogen functional groups attached to an aromatic ring is 1. The van der Waals surface area contributed by atoms with Crippen LogP contribution in [0.25, 0.3) is 10.4 Å². The fourth-order valence-corrected chi connectivity index (χ4v) is 3.92. The number of aromatic nitrogens is 1. The van der Waals surface area contributed by atoms with Crippen molar-refractivity contribution in [3.8, 4) is 10.4 Å². The van der Waals surface area contributed by atoms with Crippen molar-refractivity contribution in [2.75, 3.05) is 49.2 Å². The van der Waals surface area contributed by atoms with Crippen molar-refractivity contribution in [1.29, 1.82) is 0 Å². The molecule has 2 aromatic heterocycles. The predicted octanol–water partition coefficient (Wildman–Crippen LogP) is 3.40. The number of rotatable bonds is 4. The van der Waals surface area contributed by atoms with Crippen LogP contribution in [0, 0.1) is 0 Å². The standard InChI is InChI=1S/C21H23N5OS/c1-25-8-10-26(11-9-25)20-7-5-16(14-23-20)21(27)24-18-13-15(4-6-17(18)22)19-3-2-12-28-19/h2-7,12-14H,8-11,22H2,1H3,(H,24,27). The van der Waals surface area contributed by atoms with E-state index in [2.05, 4.69) is 27.1 Å². The van der Waals surface area contributed by atoms with Crippen LogP contribution in [-0.4, -0.2) is 49.0 Å². The molecule has 1 saturated heterocycles. The summed E-state index contributed by atoms with van der Waals surface area (Å²) in [4.78, 5) is 22.8. The maximum Gasteiger partial charge on any atom is 0.257 e. The summed E-state index contributed by atoms with van der Waals surface area (Å²) in [5.74, 6) is 0.691. The average Bonchev–Trinajstić information content (AvgIpc) is 3.25. The number of carbonyl (C=O) groups is 1. The molecule has 0 unspecified atom stereocenters. The molecule has 144 valence electrons. The van der Waals surface area contributed by atoms with Crippen LogP contribution in [0.4, 0.5) is 17.2 Å². The van der Waals surface area contributed by atoms with Crippen LogP contribution >= 0.6 is 11.3 Å². The normalized spacial score (nSPS) is 14.8. The summed E-state index contributed by atoms with van der Waals surface area (Å²) in [6.45, 7) is 3.93. The zero-order chi connectivity index (χ0) is 19.5. The maximum atomic E-state index is 12.7. The first-order chi connectivity index (χ1) is 13.6. The molecule has 3 N–H and O–H groups in total. The first-order valence-corrected chi connectivity index (χ1v) is 10.1. The van der Waals surface area contributed by atoms with E-state index in [0.717, 1.165) is 42.4 Å². The molecule has 0 bridgehead atoms. The van der Waals surface area contributed by atoms with Gasteiger partial charge >= 0.3 is 0 Å². The van der Waals surface area contributed by atoms with Crippen molar-refractivity contribution < 1.29 is 4.79 Å². The molecule has 1 amide bonds. The molecular formula is C21H23N5OS. The number of piperazine rings is 1. The van der Waals surface area contributed by atoms with Gasteiger partial charge in [-0.2, -0.15) is 0 Å². The number of nitrogens with zero attached hydrogens (tertiary/aromatic N) is 3. The van der Waals surface area contributed by atoms with Crippen molar-refractivity contribution in [3.05, 3.63) is 59.6 Å². The third-order valence-corrected chi connectivity index (χ3v) is 5.86. The van der Waals surface area contributed by atoms with Gasteiger partial charge in [-0.15, -0.1) is 11.3 Å². The molecule has 3 aromatic rings. The summed E-state index contributed by atoms with van der Waals surface area (Å²) in [7, 11) is 2.12. The zero-order valence-corrected chi connectivity index (χ0v) is 16.6. The van der Waals surface area contributed by atoms with Crippen LogP contribution < -0.4 is 16.0 Å². The molecule has 6 nitrogen and oxygen atoms in total. The summed E-state index contributed by atoms with van der Waals surface area (Å²) < 4.78 is 0. The Kier molecular flexibility index (Phi) is 5.27. The summed E-state index contributed by atoms with van der Waals surface area (Å²) >= 11 is 1.65. The molecule has 4 rings (SSSR count). The molecule has 1 aliphatic rings. The minimum atomic E-state index is -0.215. The highest BCUT2D eigenvalue weighted by Crippen LogP contribution is 2.30. The second-order valence-corrected chi connectivity index (χ2v) is 7.88. The molecule has 0 radical (unpaired) electrons. The van der Waals surface area contributed by atoms with Crippen molar-refractivity contribution in [2.24, 2.45) is 0 Å². The molecular weight excluding hydrogens is 370 g/mol. The van der Waals surface area contributed by atoms with Gasteiger partial charge in [0.15, 0.2) is 0 Å². The number of carbonyl (C=O) groups excluding carboxylic acids is 1. The molecule has 3 heterocycles. The SMILES string of the molecule is CN1CCN(c2ccc(C(=O)Nc3cc(-c4cccs4)ccc3N)cn2)CC1. The third kappa shape index (κ3) is 4.00. The lowest BCUT2D eigenvalue weighted by Crippen LogP contribution is -2.44. The molecule has 0 spiro atoms. The molecule has 28 heavy (non-hydrogen) atoms. The molecule has 0 atom stereocenters. The maximum absolute atomic E-state index is 12.7. The molecule has 7 heteroatoms. The van der Waals surface area contributed by atoms with Gasteiger partial charge in [0.2, 0.25) is 0 Å². The number of hydrogen-bond acceptors (Lipinski definition) is 6. The van der Waals surface area contributed by atoms with Crippen LogP contribution in [-0.2, 0) is 0 Å². The van der Waals surface area contributed by atoms with Gasteiger partial charge in [-0.05, 0) is 48.3 Å². The van der Waals surface area contributed by atoms with E-state index >= 15 is 0 Å². The Bertz CT molecular complexity index is 947. The summed E-state index contributed by atoms with van der Waals surface area (Å²) in [5.41, 5.74) is 8.76. The largest absolute Gasteiger partial charge is 0.397 e. The number of pyridine rings is 1. The lowest BCUT2D eigenvalue weighted by Gasteiger charge is -2.33. The Labute approximate surface area is 168 Å². The van der Waals surface area contributed by atoms with E-state index in [0.29, 0.717) is 16.9 Å². The summed E-state index contributed by atoms with van der Waals surface area (Å²) in [6, 6.07) is 13.5. The monoisotopic (exact) mass is 393 g/mol.